The molecule has 4 heterocycles. The van der Waals surface area contributed by atoms with Crippen molar-refractivity contribution < 1.29 is 28.7 Å². The molecule has 7 rings (SSSR count). The molecule has 6 N–H and O–H groups in total. The van der Waals surface area contributed by atoms with E-state index >= 15 is 0 Å². The number of amides is 4. The molecule has 4 aromatic rings. The molecule has 15 nitrogen and oxygen atoms in total. The maximum Gasteiger partial charge on any atom is 0.407 e. The quantitative estimate of drug-likeness (QED) is 0.120. The van der Waals surface area contributed by atoms with Crippen LogP contribution < -0.4 is 21.7 Å². The molecular formula is C45H55N9O6. The van der Waals surface area contributed by atoms with Crippen molar-refractivity contribution in [1.29, 1.82) is 0 Å². The molecule has 2 fully saturated rings. The lowest BCUT2D eigenvalue weighted by molar-refractivity contribution is -0.135. The van der Waals surface area contributed by atoms with Crippen molar-refractivity contribution in [2.75, 3.05) is 33.9 Å². The molecule has 0 saturated carbocycles. The Morgan fingerprint density at radius 3 is 2.00 bits per heavy atom. The first kappa shape index (κ1) is 41.9. The summed E-state index contributed by atoms with van der Waals surface area (Å²) in [6.45, 7) is 5.95. The van der Waals surface area contributed by atoms with E-state index in [-0.39, 0.29) is 35.9 Å². The van der Waals surface area contributed by atoms with Gasteiger partial charge in [-0.25, -0.2) is 14.6 Å². The molecule has 0 aliphatic carbocycles. The van der Waals surface area contributed by atoms with E-state index in [1.165, 1.54) is 14.2 Å². The second-order valence-corrected chi connectivity index (χ2v) is 16.0. The van der Waals surface area contributed by atoms with Gasteiger partial charge in [-0.05, 0) is 65.0 Å². The van der Waals surface area contributed by atoms with Crippen LogP contribution in [-0.4, -0.2) is 102 Å². The fourth-order valence-electron chi connectivity index (χ4n) is 8.41. The molecule has 60 heavy (non-hydrogen) atoms. The fourth-order valence-corrected chi connectivity index (χ4v) is 8.41. The van der Waals surface area contributed by atoms with Gasteiger partial charge in [-0.15, -0.1) is 0 Å². The number of benzene rings is 3. The van der Waals surface area contributed by atoms with Crippen molar-refractivity contribution in [2.45, 2.75) is 82.7 Å². The third kappa shape index (κ3) is 9.31. The Balaban J connectivity index is 0.964. The van der Waals surface area contributed by atoms with E-state index in [1.807, 2.05) is 47.9 Å². The number of amidine groups is 1. The Kier molecular flexibility index (Phi) is 13.1. The zero-order valence-electron chi connectivity index (χ0n) is 34.6. The molecule has 15 heteroatoms. The van der Waals surface area contributed by atoms with E-state index in [1.54, 1.807) is 6.20 Å². The highest BCUT2D eigenvalue weighted by Gasteiger charge is 2.40. The van der Waals surface area contributed by atoms with Crippen LogP contribution >= 0.6 is 0 Å². The van der Waals surface area contributed by atoms with Gasteiger partial charge in [-0.2, -0.15) is 0 Å². The molecule has 0 spiro atoms. The molecule has 3 aromatic carbocycles. The molecular weight excluding hydrogens is 763 g/mol. The number of rotatable bonds is 13. The van der Waals surface area contributed by atoms with E-state index in [0.717, 1.165) is 76.4 Å². The predicted octanol–water partition coefficient (Wildman–Crippen LogP) is 5.25. The standard InChI is InChI=1S/C45H55N9O6/c1-27(2)39(52-45(58)60-4)43(56)54-22-6-8-38(54)41-48-26-36(50-41)33-19-15-31(16-20-33)30-13-17-32(18-14-30)35-25-47-40(49-35)37-7-5-21-53(37)42(55)34(51-44(57)59-3)23-28-9-11-29(24-46)12-10-28/h9-20,26-27,34-35,37-39H,5-8,21-25,46H2,1-4H3,(H,47,49)(H,48,50)(H,51,57)(H,52,58)/t34-,35?,37-,38-,39-/m0/s1. The number of nitrogens with two attached hydrogens (primary N) is 1. The van der Waals surface area contributed by atoms with Crippen LogP contribution in [0.1, 0.15) is 74.1 Å². The Hall–Kier alpha value is -6.22. The summed E-state index contributed by atoms with van der Waals surface area (Å²) < 4.78 is 9.63. The number of ether oxygens (including phenoxy) is 2. The van der Waals surface area contributed by atoms with Crippen molar-refractivity contribution in [3.05, 3.63) is 102 Å². The molecule has 1 unspecified atom stereocenters. The van der Waals surface area contributed by atoms with Crippen molar-refractivity contribution in [1.82, 2.24) is 35.7 Å². The number of aromatic nitrogens is 2. The predicted molar refractivity (Wildman–Crippen MR) is 228 cm³/mol. The van der Waals surface area contributed by atoms with Gasteiger partial charge in [0.1, 0.15) is 23.7 Å². The first-order valence-electron chi connectivity index (χ1n) is 20.7. The molecule has 2 saturated heterocycles. The number of hydrogen-bond donors (Lipinski definition) is 5. The van der Waals surface area contributed by atoms with Crippen LogP contribution in [0.5, 0.6) is 0 Å². The molecule has 1 aromatic heterocycles. The summed E-state index contributed by atoms with van der Waals surface area (Å²) in [5, 5.41) is 9.06. The number of alkyl carbamates (subject to hydrolysis) is 2. The van der Waals surface area contributed by atoms with Crippen LogP contribution in [0.15, 0.2) is 84.0 Å². The van der Waals surface area contributed by atoms with E-state index in [0.29, 0.717) is 32.6 Å². The molecule has 316 valence electrons. The average molecular weight is 818 g/mol. The highest BCUT2D eigenvalue weighted by molar-refractivity contribution is 5.95. The number of hydrogen-bond acceptors (Lipinski definition) is 10. The first-order valence-corrected chi connectivity index (χ1v) is 20.7. The van der Waals surface area contributed by atoms with Crippen LogP contribution in [-0.2, 0) is 32.0 Å². The molecule has 5 atom stereocenters. The number of nitrogens with one attached hydrogen (secondary N) is 4. The highest BCUT2D eigenvalue weighted by Crippen LogP contribution is 2.34. The van der Waals surface area contributed by atoms with Gasteiger partial charge in [0.05, 0.1) is 50.8 Å². The minimum absolute atomic E-state index is 0.0277. The lowest BCUT2D eigenvalue weighted by atomic mass is 9.99. The van der Waals surface area contributed by atoms with Crippen LogP contribution in [0.3, 0.4) is 0 Å². The largest absolute Gasteiger partial charge is 0.453 e. The topological polar surface area (TPSA) is 196 Å². The molecule has 0 radical (unpaired) electrons. The number of aliphatic imine (C=N–C) groups is 1. The van der Waals surface area contributed by atoms with Crippen LogP contribution in [0.25, 0.3) is 22.4 Å². The van der Waals surface area contributed by atoms with Gasteiger partial charge in [0.2, 0.25) is 11.8 Å². The number of H-pyrrole nitrogens is 1. The number of aromatic amines is 1. The second-order valence-electron chi connectivity index (χ2n) is 16.0. The minimum atomic E-state index is -0.792. The SMILES string of the molecule is COC(=O)N[C@@H](Cc1ccc(CN)cc1)C(=O)N1CCC[C@H]1C1=NCC(c2ccc(-c3ccc(-c4cnc([C@@H]5CCCN5C(=O)[C@@H](NC(=O)OC)C(C)C)[nH]4)cc3)cc2)N1. The molecule has 3 aliphatic heterocycles. The summed E-state index contributed by atoms with van der Waals surface area (Å²) in [7, 11) is 2.58. The third-order valence-electron chi connectivity index (χ3n) is 11.8. The summed E-state index contributed by atoms with van der Waals surface area (Å²) in [5.41, 5.74) is 12.7. The number of imidazole rings is 1. The van der Waals surface area contributed by atoms with E-state index in [9.17, 15) is 19.2 Å². The molecule has 3 aliphatic rings. The van der Waals surface area contributed by atoms with E-state index in [4.69, 9.17) is 20.2 Å². The Labute approximate surface area is 350 Å². The molecule has 0 bridgehead atoms. The summed E-state index contributed by atoms with van der Waals surface area (Å²) in [5.74, 6) is 1.10. The van der Waals surface area contributed by atoms with Gasteiger partial charge < -0.3 is 45.9 Å². The molecule has 4 amide bonds. The smallest absolute Gasteiger partial charge is 0.407 e. The summed E-state index contributed by atoms with van der Waals surface area (Å²) in [4.78, 5) is 68.5. The van der Waals surface area contributed by atoms with Crippen LogP contribution in [0.2, 0.25) is 0 Å². The number of nitrogens with zero attached hydrogens (tertiary/aromatic N) is 4. The second kappa shape index (κ2) is 18.8. The van der Waals surface area contributed by atoms with Crippen LogP contribution in [0, 0.1) is 5.92 Å². The Morgan fingerprint density at radius 1 is 0.783 bits per heavy atom. The van der Waals surface area contributed by atoms with E-state index < -0.39 is 24.3 Å². The van der Waals surface area contributed by atoms with Crippen molar-refractivity contribution >= 4 is 29.8 Å². The normalized spacial score (nSPS) is 19.7. The van der Waals surface area contributed by atoms with Gasteiger partial charge in [-0.3, -0.25) is 14.6 Å². The first-order chi connectivity index (χ1) is 29.1. The van der Waals surface area contributed by atoms with Gasteiger partial charge in [0.25, 0.3) is 0 Å². The average Bonchev–Trinajstić information content (AvgIpc) is 4.12. The highest BCUT2D eigenvalue weighted by atomic mass is 16.5. The van der Waals surface area contributed by atoms with E-state index in [2.05, 4.69) is 74.4 Å². The lowest BCUT2D eigenvalue weighted by Crippen LogP contribution is -2.53. The number of likely N-dealkylation sites (tertiary alicyclic amines) is 2. The van der Waals surface area contributed by atoms with Crippen LogP contribution in [0.4, 0.5) is 9.59 Å². The van der Waals surface area contributed by atoms with Crippen molar-refractivity contribution in [3.8, 4) is 22.4 Å². The maximum atomic E-state index is 14.0. The van der Waals surface area contributed by atoms with Crippen molar-refractivity contribution in [2.24, 2.45) is 16.6 Å². The van der Waals surface area contributed by atoms with Crippen molar-refractivity contribution in [3.63, 3.8) is 0 Å². The third-order valence-corrected chi connectivity index (χ3v) is 11.8. The van der Waals surface area contributed by atoms with Gasteiger partial charge >= 0.3 is 12.2 Å². The monoisotopic (exact) mass is 817 g/mol. The number of carbonyl (C=O) groups is 4. The van der Waals surface area contributed by atoms with Gasteiger partial charge in [-0.1, -0.05) is 86.6 Å². The number of methoxy groups -OCH3 is 2. The zero-order chi connectivity index (χ0) is 42.3. The summed E-state index contributed by atoms with van der Waals surface area (Å²) in [6.07, 6.45) is 4.09. The maximum absolute atomic E-state index is 14.0. The lowest BCUT2D eigenvalue weighted by Gasteiger charge is -2.30. The summed E-state index contributed by atoms with van der Waals surface area (Å²) >= 11 is 0. The zero-order valence-corrected chi connectivity index (χ0v) is 34.6. The van der Waals surface area contributed by atoms with Gasteiger partial charge in [0, 0.05) is 26.1 Å². The Bertz CT molecular complexity index is 2170. The Morgan fingerprint density at radius 2 is 1.37 bits per heavy atom. The van der Waals surface area contributed by atoms with Gasteiger partial charge in [0.15, 0.2) is 0 Å². The fraction of sp³-hybridized carbons (Fsp3) is 0.422. The summed E-state index contributed by atoms with van der Waals surface area (Å²) in [6, 6.07) is 22.5. The minimum Gasteiger partial charge on any atom is -0.453 e. The number of carbonyl (C=O) groups excluding carboxylic acids is 4.